The Morgan fingerprint density at radius 3 is 2.53 bits per heavy atom. The maximum atomic E-state index is 12.4. The number of fused-ring (bicyclic) bond motifs is 1. The lowest BCUT2D eigenvalue weighted by molar-refractivity contribution is -0.123. The van der Waals surface area contributed by atoms with Gasteiger partial charge in [0.2, 0.25) is 0 Å². The van der Waals surface area contributed by atoms with Crippen molar-refractivity contribution in [1.29, 1.82) is 0 Å². The summed E-state index contributed by atoms with van der Waals surface area (Å²) in [6.07, 6.45) is 1.91. The average Bonchev–Trinajstić information content (AvgIpc) is 3.13. The van der Waals surface area contributed by atoms with Crippen molar-refractivity contribution in [2.75, 3.05) is 19.7 Å². The number of hydrogen-bond donors (Lipinski definition) is 1. The number of benzene rings is 2. The summed E-state index contributed by atoms with van der Waals surface area (Å²) in [5.74, 6) is 2.27. The molecule has 0 saturated carbocycles. The molecule has 1 aromatic heterocycles. The summed E-state index contributed by atoms with van der Waals surface area (Å²) in [6.45, 7) is 7.70. The second-order valence-electron chi connectivity index (χ2n) is 8.21. The monoisotopic (exact) mass is 433 g/mol. The molecule has 1 atom stereocenters. The summed E-state index contributed by atoms with van der Waals surface area (Å²) in [5, 5.41) is 11.8. The van der Waals surface area contributed by atoms with Crippen molar-refractivity contribution in [2.24, 2.45) is 0 Å². The second-order valence-corrected chi connectivity index (χ2v) is 8.21. The van der Waals surface area contributed by atoms with Gasteiger partial charge in [-0.05, 0) is 36.6 Å². The van der Waals surface area contributed by atoms with Crippen LogP contribution in [0.5, 0.6) is 5.75 Å². The molecule has 32 heavy (non-hydrogen) atoms. The summed E-state index contributed by atoms with van der Waals surface area (Å²) in [7, 11) is 0. The van der Waals surface area contributed by atoms with Crippen LogP contribution in [-0.4, -0.2) is 45.3 Å². The second kappa shape index (κ2) is 10.4. The Morgan fingerprint density at radius 2 is 1.78 bits per heavy atom. The van der Waals surface area contributed by atoms with Crippen LogP contribution in [0.15, 0.2) is 54.6 Å². The first kappa shape index (κ1) is 22.0. The molecule has 0 aliphatic carbocycles. The third-order valence-corrected chi connectivity index (χ3v) is 5.86. The van der Waals surface area contributed by atoms with Gasteiger partial charge < -0.3 is 14.6 Å². The van der Waals surface area contributed by atoms with Gasteiger partial charge in [0.15, 0.2) is 12.4 Å². The Hall–Kier alpha value is -3.19. The SMILES string of the molecule is CCc1ccc(CN2CCc3nnc(C(C)NC(=O)COc4ccccc4)n3CC2)cc1. The van der Waals surface area contributed by atoms with E-state index in [1.807, 2.05) is 37.3 Å². The van der Waals surface area contributed by atoms with Crippen LogP contribution in [0.2, 0.25) is 0 Å². The molecule has 1 aliphatic heterocycles. The zero-order chi connectivity index (χ0) is 22.3. The number of amides is 1. The van der Waals surface area contributed by atoms with E-state index in [-0.39, 0.29) is 18.6 Å². The van der Waals surface area contributed by atoms with Gasteiger partial charge in [0.25, 0.3) is 5.91 Å². The lowest BCUT2D eigenvalue weighted by Crippen LogP contribution is -2.33. The molecule has 0 saturated heterocycles. The summed E-state index contributed by atoms with van der Waals surface area (Å²) in [5.41, 5.74) is 2.70. The summed E-state index contributed by atoms with van der Waals surface area (Å²) >= 11 is 0. The van der Waals surface area contributed by atoms with Gasteiger partial charge >= 0.3 is 0 Å². The number of aromatic nitrogens is 3. The van der Waals surface area contributed by atoms with Gasteiger partial charge in [0.05, 0.1) is 6.04 Å². The van der Waals surface area contributed by atoms with Crippen molar-refractivity contribution in [3.8, 4) is 5.75 Å². The molecular weight excluding hydrogens is 402 g/mol. The number of ether oxygens (including phenoxy) is 1. The van der Waals surface area contributed by atoms with Gasteiger partial charge in [-0.3, -0.25) is 9.69 Å². The molecule has 1 N–H and O–H groups in total. The molecule has 3 aromatic rings. The number of rotatable bonds is 8. The first-order valence-electron chi connectivity index (χ1n) is 11.3. The first-order chi connectivity index (χ1) is 15.6. The van der Waals surface area contributed by atoms with Crippen LogP contribution < -0.4 is 10.1 Å². The zero-order valence-corrected chi connectivity index (χ0v) is 18.8. The van der Waals surface area contributed by atoms with Crippen LogP contribution >= 0.6 is 0 Å². The third kappa shape index (κ3) is 5.53. The van der Waals surface area contributed by atoms with Crippen LogP contribution in [0.25, 0.3) is 0 Å². The zero-order valence-electron chi connectivity index (χ0n) is 18.8. The molecule has 0 spiro atoms. The standard InChI is InChI=1S/C25H31N5O2/c1-3-20-9-11-21(12-10-20)17-29-14-13-23-27-28-25(30(23)16-15-29)19(2)26-24(31)18-32-22-7-5-4-6-8-22/h4-12,19H,3,13-18H2,1-2H3,(H,26,31). The summed E-state index contributed by atoms with van der Waals surface area (Å²) in [4.78, 5) is 14.8. The van der Waals surface area contributed by atoms with E-state index in [1.165, 1.54) is 11.1 Å². The van der Waals surface area contributed by atoms with Crippen LogP contribution in [0.4, 0.5) is 0 Å². The smallest absolute Gasteiger partial charge is 0.258 e. The highest BCUT2D eigenvalue weighted by molar-refractivity contribution is 5.77. The van der Waals surface area contributed by atoms with Gasteiger partial charge in [0.1, 0.15) is 11.6 Å². The maximum Gasteiger partial charge on any atom is 0.258 e. The highest BCUT2D eigenvalue weighted by Crippen LogP contribution is 2.17. The van der Waals surface area contributed by atoms with Crippen molar-refractivity contribution in [3.05, 3.63) is 77.4 Å². The number of carbonyl (C=O) groups excluding carboxylic acids is 1. The highest BCUT2D eigenvalue weighted by Gasteiger charge is 2.23. The molecular formula is C25H31N5O2. The molecule has 1 aliphatic rings. The molecule has 4 rings (SSSR count). The average molecular weight is 434 g/mol. The van der Waals surface area contributed by atoms with Gasteiger partial charge in [-0.15, -0.1) is 10.2 Å². The van der Waals surface area contributed by atoms with E-state index in [0.29, 0.717) is 5.75 Å². The molecule has 2 heterocycles. The fourth-order valence-electron chi connectivity index (χ4n) is 4.02. The summed E-state index contributed by atoms with van der Waals surface area (Å²) in [6, 6.07) is 18.0. The fourth-order valence-corrected chi connectivity index (χ4v) is 4.02. The lowest BCUT2D eigenvalue weighted by atomic mass is 10.1. The predicted octanol–water partition coefficient (Wildman–Crippen LogP) is 3.16. The van der Waals surface area contributed by atoms with Crippen molar-refractivity contribution in [2.45, 2.75) is 45.8 Å². The van der Waals surface area contributed by atoms with Gasteiger partial charge in [-0.25, -0.2) is 0 Å². The number of para-hydroxylation sites is 1. The Bertz CT molecular complexity index is 1020. The molecule has 7 nitrogen and oxygen atoms in total. The van der Waals surface area contributed by atoms with E-state index < -0.39 is 0 Å². The number of hydrogen-bond acceptors (Lipinski definition) is 5. The van der Waals surface area contributed by atoms with Crippen LogP contribution in [-0.2, 0) is 30.7 Å². The molecule has 0 fully saturated rings. The van der Waals surface area contributed by atoms with E-state index in [9.17, 15) is 4.79 Å². The van der Waals surface area contributed by atoms with E-state index in [1.54, 1.807) is 0 Å². The van der Waals surface area contributed by atoms with E-state index in [2.05, 4.69) is 56.2 Å². The molecule has 1 unspecified atom stereocenters. The fraction of sp³-hybridized carbons (Fsp3) is 0.400. The molecule has 7 heteroatoms. The number of aryl methyl sites for hydroxylation is 1. The van der Waals surface area contributed by atoms with E-state index in [4.69, 9.17) is 4.74 Å². The van der Waals surface area contributed by atoms with Crippen LogP contribution in [0, 0.1) is 0 Å². The topological polar surface area (TPSA) is 72.3 Å². The van der Waals surface area contributed by atoms with E-state index in [0.717, 1.165) is 50.7 Å². The van der Waals surface area contributed by atoms with Crippen molar-refractivity contribution in [1.82, 2.24) is 25.0 Å². The quantitative estimate of drug-likeness (QED) is 0.591. The molecule has 0 radical (unpaired) electrons. The Labute approximate surface area is 189 Å². The Morgan fingerprint density at radius 1 is 1.03 bits per heavy atom. The van der Waals surface area contributed by atoms with Gasteiger partial charge in [-0.1, -0.05) is 49.4 Å². The number of nitrogens with one attached hydrogen (secondary N) is 1. The Kier molecular flexibility index (Phi) is 7.17. The Balaban J connectivity index is 1.32. The normalized spacial score (nSPS) is 14.9. The molecule has 2 aromatic carbocycles. The minimum absolute atomic E-state index is 0.0278. The maximum absolute atomic E-state index is 12.4. The lowest BCUT2D eigenvalue weighted by Gasteiger charge is -2.20. The van der Waals surface area contributed by atoms with Gasteiger partial charge in [0, 0.05) is 32.6 Å². The van der Waals surface area contributed by atoms with Crippen molar-refractivity contribution >= 4 is 5.91 Å². The van der Waals surface area contributed by atoms with Crippen molar-refractivity contribution < 1.29 is 9.53 Å². The highest BCUT2D eigenvalue weighted by atomic mass is 16.5. The molecule has 168 valence electrons. The van der Waals surface area contributed by atoms with Crippen LogP contribution in [0.3, 0.4) is 0 Å². The number of nitrogens with zero attached hydrogens (tertiary/aromatic N) is 4. The minimum atomic E-state index is -0.240. The first-order valence-corrected chi connectivity index (χ1v) is 11.3. The number of carbonyl (C=O) groups is 1. The largest absolute Gasteiger partial charge is 0.484 e. The van der Waals surface area contributed by atoms with Crippen LogP contribution in [0.1, 0.15) is 42.7 Å². The van der Waals surface area contributed by atoms with E-state index >= 15 is 0 Å². The summed E-state index contributed by atoms with van der Waals surface area (Å²) < 4.78 is 7.70. The minimum Gasteiger partial charge on any atom is -0.484 e. The third-order valence-electron chi connectivity index (χ3n) is 5.86. The molecule has 1 amide bonds. The molecule has 0 bridgehead atoms. The van der Waals surface area contributed by atoms with Crippen molar-refractivity contribution in [3.63, 3.8) is 0 Å². The predicted molar refractivity (Wildman–Crippen MR) is 123 cm³/mol. The van der Waals surface area contributed by atoms with Gasteiger partial charge in [-0.2, -0.15) is 0 Å².